The fourth-order valence-electron chi connectivity index (χ4n) is 3.79. The van der Waals surface area contributed by atoms with Crippen LogP contribution in [0.25, 0.3) is 5.65 Å². The molecule has 32 heavy (non-hydrogen) atoms. The molecule has 1 N–H and O–H groups in total. The van der Waals surface area contributed by atoms with Gasteiger partial charge in [0.25, 0.3) is 12.3 Å². The number of nitrogens with zero attached hydrogens (tertiary/aromatic N) is 4. The van der Waals surface area contributed by atoms with E-state index in [-0.39, 0.29) is 17.6 Å². The monoisotopic (exact) mass is 443 g/mol. The van der Waals surface area contributed by atoms with Crippen LogP contribution in [0.1, 0.15) is 60.5 Å². The quantitative estimate of drug-likeness (QED) is 0.622. The Labute approximate surface area is 183 Å². The molecule has 0 aliphatic carbocycles. The molecule has 0 bridgehead atoms. The summed E-state index contributed by atoms with van der Waals surface area (Å²) in [6, 6.07) is 5.46. The maximum atomic E-state index is 12.9. The number of alkyl halides is 2. The summed E-state index contributed by atoms with van der Waals surface area (Å²) < 4.78 is 33.3. The number of pyridine rings is 2. The van der Waals surface area contributed by atoms with Crippen LogP contribution < -0.4 is 10.1 Å². The van der Waals surface area contributed by atoms with Gasteiger partial charge in [-0.1, -0.05) is 6.07 Å². The number of amides is 2. The van der Waals surface area contributed by atoms with Gasteiger partial charge in [0.1, 0.15) is 28.5 Å². The van der Waals surface area contributed by atoms with Gasteiger partial charge in [-0.2, -0.15) is 0 Å². The van der Waals surface area contributed by atoms with Crippen molar-refractivity contribution in [2.75, 3.05) is 19.0 Å². The van der Waals surface area contributed by atoms with E-state index < -0.39 is 18.0 Å². The van der Waals surface area contributed by atoms with E-state index >= 15 is 0 Å². The van der Waals surface area contributed by atoms with E-state index in [0.29, 0.717) is 30.1 Å². The minimum Gasteiger partial charge on any atom is -0.491 e. The average molecular weight is 443 g/mol. The van der Waals surface area contributed by atoms with Crippen LogP contribution in [0, 0.1) is 0 Å². The number of anilines is 1. The van der Waals surface area contributed by atoms with Gasteiger partial charge in [-0.15, -0.1) is 0 Å². The Morgan fingerprint density at radius 3 is 2.88 bits per heavy atom. The highest BCUT2D eigenvalue weighted by Crippen LogP contribution is 2.32. The number of rotatable bonds is 6. The number of fused-ring (bicyclic) bond motifs is 1. The van der Waals surface area contributed by atoms with Gasteiger partial charge in [-0.3, -0.25) is 9.59 Å². The van der Waals surface area contributed by atoms with Crippen molar-refractivity contribution >= 4 is 23.1 Å². The van der Waals surface area contributed by atoms with Crippen LogP contribution in [0.5, 0.6) is 5.75 Å². The highest BCUT2D eigenvalue weighted by molar-refractivity contribution is 6.03. The van der Waals surface area contributed by atoms with Gasteiger partial charge in [0.2, 0.25) is 5.91 Å². The number of imidazole rings is 1. The summed E-state index contributed by atoms with van der Waals surface area (Å²) in [6.45, 7) is 2.16. The number of hydrogen-bond donors (Lipinski definition) is 1. The summed E-state index contributed by atoms with van der Waals surface area (Å²) >= 11 is 0. The second-order valence-electron chi connectivity index (χ2n) is 7.53. The maximum Gasteiger partial charge on any atom is 0.280 e. The Morgan fingerprint density at radius 1 is 1.31 bits per heavy atom. The van der Waals surface area contributed by atoms with Crippen LogP contribution in [0.3, 0.4) is 0 Å². The number of carbonyl (C=O) groups is 2. The van der Waals surface area contributed by atoms with Crippen LogP contribution >= 0.6 is 0 Å². The highest BCUT2D eigenvalue weighted by atomic mass is 19.3. The van der Waals surface area contributed by atoms with Crippen LogP contribution in [-0.4, -0.2) is 44.7 Å². The number of aromatic nitrogens is 3. The molecule has 4 rings (SSSR count). The second-order valence-corrected chi connectivity index (χ2v) is 7.53. The minimum absolute atomic E-state index is 0.0831. The van der Waals surface area contributed by atoms with Gasteiger partial charge >= 0.3 is 0 Å². The third-order valence-corrected chi connectivity index (χ3v) is 5.42. The Hall–Kier alpha value is -3.56. The average Bonchev–Trinajstić information content (AvgIpc) is 3.18. The molecule has 10 heteroatoms. The molecule has 1 aliphatic rings. The van der Waals surface area contributed by atoms with Crippen molar-refractivity contribution in [2.24, 2.45) is 0 Å². The molecule has 1 atom stereocenters. The predicted molar refractivity (Wildman–Crippen MR) is 113 cm³/mol. The maximum absolute atomic E-state index is 12.9. The molecule has 2 amide bonds. The molecule has 168 valence electrons. The van der Waals surface area contributed by atoms with Gasteiger partial charge in [-0.25, -0.2) is 18.7 Å². The molecule has 0 saturated carbocycles. The number of likely N-dealkylation sites (tertiary alicyclic amines) is 1. The largest absolute Gasteiger partial charge is 0.491 e. The van der Waals surface area contributed by atoms with Gasteiger partial charge in [0.05, 0.1) is 18.3 Å². The molecule has 3 aromatic rings. The standard InChI is InChI=1S/C22H23F2N5O3/c1-3-32-18-10-19-26-15(17-8-5-9-20(30)28(17)2)11-29(19)12-16(18)27-22(31)14-7-4-6-13(25-14)21(23)24/h4,6-7,10-12,17,21H,3,5,8-9H2,1-2H3,(H,27,31). The topological polar surface area (TPSA) is 88.8 Å². The van der Waals surface area contributed by atoms with E-state index in [4.69, 9.17) is 4.74 Å². The van der Waals surface area contributed by atoms with Crippen molar-refractivity contribution in [3.8, 4) is 5.75 Å². The smallest absolute Gasteiger partial charge is 0.280 e. The van der Waals surface area contributed by atoms with Gasteiger partial charge in [0.15, 0.2) is 0 Å². The zero-order valence-corrected chi connectivity index (χ0v) is 17.7. The summed E-state index contributed by atoms with van der Waals surface area (Å²) in [4.78, 5) is 34.8. The van der Waals surface area contributed by atoms with E-state index in [1.807, 2.05) is 13.1 Å². The molecule has 8 nitrogen and oxygen atoms in total. The normalized spacial score (nSPS) is 16.6. The van der Waals surface area contributed by atoms with Gasteiger partial charge in [-0.05, 0) is 31.9 Å². The van der Waals surface area contributed by atoms with Crippen molar-refractivity contribution in [3.05, 3.63) is 53.7 Å². The Balaban J connectivity index is 1.66. The molecular formula is C22H23F2N5O3. The summed E-state index contributed by atoms with van der Waals surface area (Å²) in [5, 5.41) is 2.69. The lowest BCUT2D eigenvalue weighted by atomic mass is 10.0. The first-order valence-electron chi connectivity index (χ1n) is 10.3. The molecule has 1 aliphatic heterocycles. The first-order valence-corrected chi connectivity index (χ1v) is 10.3. The lowest BCUT2D eigenvalue weighted by Gasteiger charge is -2.31. The number of hydrogen-bond acceptors (Lipinski definition) is 5. The van der Waals surface area contributed by atoms with Crippen molar-refractivity contribution in [1.29, 1.82) is 0 Å². The fourth-order valence-corrected chi connectivity index (χ4v) is 3.79. The van der Waals surface area contributed by atoms with Gasteiger partial charge in [0, 0.05) is 31.9 Å². The number of nitrogens with one attached hydrogen (secondary N) is 1. The summed E-state index contributed by atoms with van der Waals surface area (Å²) in [5.74, 6) is -0.158. The van der Waals surface area contributed by atoms with E-state index in [2.05, 4.69) is 15.3 Å². The molecule has 0 spiro atoms. The van der Waals surface area contributed by atoms with E-state index in [1.54, 1.807) is 28.6 Å². The Morgan fingerprint density at radius 2 is 2.12 bits per heavy atom. The fraction of sp³-hybridized carbons (Fsp3) is 0.364. The highest BCUT2D eigenvalue weighted by Gasteiger charge is 2.28. The van der Waals surface area contributed by atoms with Crippen molar-refractivity contribution in [3.63, 3.8) is 0 Å². The third kappa shape index (κ3) is 4.25. The van der Waals surface area contributed by atoms with E-state index in [1.165, 1.54) is 18.2 Å². The molecule has 3 aromatic heterocycles. The lowest BCUT2D eigenvalue weighted by molar-refractivity contribution is -0.134. The van der Waals surface area contributed by atoms with Crippen molar-refractivity contribution in [1.82, 2.24) is 19.3 Å². The number of piperidine rings is 1. The van der Waals surface area contributed by atoms with Crippen LogP contribution in [0.2, 0.25) is 0 Å². The number of halogens is 2. The number of ether oxygens (including phenoxy) is 1. The summed E-state index contributed by atoms with van der Waals surface area (Å²) in [6.07, 6.45) is 2.85. The molecule has 1 fully saturated rings. The molecule has 0 radical (unpaired) electrons. The molecule has 1 saturated heterocycles. The first-order chi connectivity index (χ1) is 15.4. The predicted octanol–water partition coefficient (Wildman–Crippen LogP) is 4.00. The van der Waals surface area contributed by atoms with E-state index in [0.717, 1.165) is 18.5 Å². The number of carbonyl (C=O) groups excluding carboxylic acids is 2. The minimum atomic E-state index is -2.77. The van der Waals surface area contributed by atoms with Crippen LogP contribution in [0.4, 0.5) is 14.5 Å². The second kappa shape index (κ2) is 8.89. The SMILES string of the molecule is CCOc1cc2nc(C3CCCC(=O)N3C)cn2cc1NC(=O)c1cccc(C(F)F)n1. The summed E-state index contributed by atoms with van der Waals surface area (Å²) in [5.41, 5.74) is 1.11. The Bertz CT molecular complexity index is 1160. The van der Waals surface area contributed by atoms with Gasteiger partial charge < -0.3 is 19.4 Å². The lowest BCUT2D eigenvalue weighted by Crippen LogP contribution is -2.34. The first kappa shape index (κ1) is 21.7. The van der Waals surface area contributed by atoms with Crippen LogP contribution in [-0.2, 0) is 4.79 Å². The molecular weight excluding hydrogens is 420 g/mol. The van der Waals surface area contributed by atoms with Crippen molar-refractivity contribution < 1.29 is 23.1 Å². The molecule has 1 unspecified atom stereocenters. The zero-order chi connectivity index (χ0) is 22.8. The van der Waals surface area contributed by atoms with Crippen molar-refractivity contribution in [2.45, 2.75) is 38.7 Å². The third-order valence-electron chi connectivity index (χ3n) is 5.42. The van der Waals surface area contributed by atoms with E-state index in [9.17, 15) is 18.4 Å². The summed E-state index contributed by atoms with van der Waals surface area (Å²) in [7, 11) is 1.77. The van der Waals surface area contributed by atoms with Crippen LogP contribution in [0.15, 0.2) is 36.7 Å². The Kier molecular flexibility index (Phi) is 6.02. The zero-order valence-electron chi connectivity index (χ0n) is 17.7. The molecule has 0 aromatic carbocycles. The molecule has 4 heterocycles.